The van der Waals surface area contributed by atoms with Gasteiger partial charge in [0.2, 0.25) is 5.91 Å². The van der Waals surface area contributed by atoms with Crippen LogP contribution in [0.25, 0.3) is 0 Å². The highest BCUT2D eigenvalue weighted by molar-refractivity contribution is 5.80. The zero-order valence-electron chi connectivity index (χ0n) is 16.3. The van der Waals surface area contributed by atoms with Crippen LogP contribution in [0, 0.1) is 5.92 Å². The molecule has 1 aromatic rings. The Balaban J connectivity index is 1.54. The molecule has 0 radical (unpaired) electrons. The largest absolute Gasteiger partial charge is 0.396 e. The van der Waals surface area contributed by atoms with Crippen LogP contribution < -0.4 is 11.1 Å². The van der Waals surface area contributed by atoms with E-state index in [2.05, 4.69) is 22.3 Å². The van der Waals surface area contributed by atoms with Gasteiger partial charge in [-0.05, 0) is 37.1 Å². The molecule has 2 heterocycles. The quantitative estimate of drug-likeness (QED) is 0.395. The summed E-state index contributed by atoms with van der Waals surface area (Å²) in [4.78, 5) is 20.0. The predicted molar refractivity (Wildman–Crippen MR) is 105 cm³/mol. The minimum absolute atomic E-state index is 0.268. The number of hydrogen-bond donors (Lipinski definition) is 4. The van der Waals surface area contributed by atoms with E-state index in [0.29, 0.717) is 6.54 Å². The van der Waals surface area contributed by atoms with Gasteiger partial charge in [0.05, 0.1) is 19.8 Å². The molecule has 0 aromatic heterocycles. The lowest BCUT2D eigenvalue weighted by Gasteiger charge is -2.22. The fourth-order valence-corrected chi connectivity index (χ4v) is 4.10. The van der Waals surface area contributed by atoms with Crippen molar-refractivity contribution >= 4 is 5.91 Å². The monoisotopic (exact) mass is 392 g/mol. The lowest BCUT2D eigenvalue weighted by atomic mass is 9.95. The summed E-state index contributed by atoms with van der Waals surface area (Å²) >= 11 is 0. The second kappa shape index (κ2) is 10.3. The number of nitrogens with two attached hydrogens (primary N) is 1. The van der Waals surface area contributed by atoms with Gasteiger partial charge in [-0.1, -0.05) is 24.3 Å². The van der Waals surface area contributed by atoms with Crippen LogP contribution >= 0.6 is 0 Å². The van der Waals surface area contributed by atoms with Gasteiger partial charge in [0, 0.05) is 25.6 Å². The molecule has 2 saturated heterocycles. The number of nitrogens with one attached hydrogen (secondary N) is 1. The summed E-state index contributed by atoms with van der Waals surface area (Å²) in [6.07, 6.45) is 1.99. The number of nitrogens with zero attached hydrogens (tertiary/aromatic N) is 2. The van der Waals surface area contributed by atoms with E-state index in [4.69, 9.17) is 10.6 Å². The van der Waals surface area contributed by atoms with Crippen LogP contribution in [-0.4, -0.2) is 77.6 Å². The van der Waals surface area contributed by atoms with Crippen molar-refractivity contribution < 1.29 is 19.8 Å². The van der Waals surface area contributed by atoms with E-state index in [-0.39, 0.29) is 13.2 Å². The lowest BCUT2D eigenvalue weighted by molar-refractivity contribution is -0.180. The van der Waals surface area contributed by atoms with Gasteiger partial charge in [0.15, 0.2) is 0 Å². The summed E-state index contributed by atoms with van der Waals surface area (Å²) in [6.45, 7) is 5.05. The molecule has 0 saturated carbocycles. The first-order chi connectivity index (χ1) is 13.6. The number of aliphatic hydroxyl groups excluding tert-OH is 2. The second-order valence-corrected chi connectivity index (χ2v) is 7.64. The molecule has 2 aliphatic rings. The van der Waals surface area contributed by atoms with Crippen molar-refractivity contribution in [3.05, 3.63) is 35.4 Å². The van der Waals surface area contributed by atoms with Crippen LogP contribution in [0.5, 0.6) is 0 Å². The number of carbonyl (C=O) groups excluding carboxylic acids is 1. The van der Waals surface area contributed by atoms with Crippen LogP contribution in [0.4, 0.5) is 0 Å². The molecule has 5 N–H and O–H groups in total. The van der Waals surface area contributed by atoms with Crippen LogP contribution in [0.1, 0.15) is 24.0 Å². The number of benzene rings is 1. The number of primary amides is 1. The Morgan fingerprint density at radius 1 is 1.21 bits per heavy atom. The van der Waals surface area contributed by atoms with Crippen molar-refractivity contribution in [1.29, 1.82) is 0 Å². The zero-order valence-corrected chi connectivity index (χ0v) is 16.3. The first-order valence-corrected chi connectivity index (χ1v) is 10.1. The summed E-state index contributed by atoms with van der Waals surface area (Å²) < 4.78 is 0. The maximum atomic E-state index is 11.9. The normalized spacial score (nSPS) is 26.1. The summed E-state index contributed by atoms with van der Waals surface area (Å²) in [6, 6.07) is 7.33. The van der Waals surface area contributed by atoms with E-state index < -0.39 is 24.0 Å². The molecule has 3 unspecified atom stereocenters. The summed E-state index contributed by atoms with van der Waals surface area (Å²) in [5, 5.41) is 24.0. The lowest BCUT2D eigenvalue weighted by Crippen LogP contribution is -2.44. The molecule has 156 valence electrons. The molecular weight excluding hydrogens is 360 g/mol. The molecule has 2 fully saturated rings. The molecule has 0 spiro atoms. The molecule has 2 aliphatic heterocycles. The van der Waals surface area contributed by atoms with Crippen LogP contribution in [0.2, 0.25) is 0 Å². The topological polar surface area (TPSA) is 111 Å². The average Bonchev–Trinajstić information content (AvgIpc) is 3.32. The number of amides is 1. The van der Waals surface area contributed by atoms with Gasteiger partial charge in [-0.2, -0.15) is 5.06 Å². The minimum atomic E-state index is -0.760. The Labute approximate surface area is 166 Å². The highest BCUT2D eigenvalue weighted by atomic mass is 16.7. The van der Waals surface area contributed by atoms with E-state index >= 15 is 0 Å². The Bertz CT molecular complexity index is 638. The third-order valence-corrected chi connectivity index (χ3v) is 5.61. The van der Waals surface area contributed by atoms with Crippen molar-refractivity contribution in [2.45, 2.75) is 38.1 Å². The highest BCUT2D eigenvalue weighted by Gasteiger charge is 2.45. The van der Waals surface area contributed by atoms with Gasteiger partial charge in [-0.25, -0.2) is 0 Å². The fraction of sp³-hybridized carbons (Fsp3) is 0.650. The first-order valence-electron chi connectivity index (χ1n) is 10.1. The van der Waals surface area contributed by atoms with Crippen molar-refractivity contribution in [3.8, 4) is 0 Å². The van der Waals surface area contributed by atoms with E-state index in [1.54, 1.807) is 0 Å². The summed E-state index contributed by atoms with van der Waals surface area (Å²) in [7, 11) is 0. The second-order valence-electron chi connectivity index (χ2n) is 7.64. The number of hydroxylamine groups is 2. The molecule has 3 rings (SSSR count). The maximum Gasteiger partial charge on any atom is 0.237 e. The zero-order chi connectivity index (χ0) is 19.9. The molecular formula is C20H32N4O4. The van der Waals surface area contributed by atoms with E-state index in [1.165, 1.54) is 31.0 Å². The van der Waals surface area contributed by atoms with Crippen molar-refractivity contribution in [2.24, 2.45) is 11.7 Å². The van der Waals surface area contributed by atoms with Gasteiger partial charge in [0.1, 0.15) is 12.1 Å². The highest BCUT2D eigenvalue weighted by Crippen LogP contribution is 2.29. The average molecular weight is 393 g/mol. The van der Waals surface area contributed by atoms with Crippen LogP contribution in [-0.2, 0) is 22.7 Å². The molecule has 1 amide bonds. The van der Waals surface area contributed by atoms with Gasteiger partial charge >= 0.3 is 0 Å². The predicted octanol–water partition coefficient (Wildman–Crippen LogP) is -0.557. The number of likely N-dealkylation sites (tertiary alicyclic amines) is 1. The molecule has 1 aromatic carbocycles. The van der Waals surface area contributed by atoms with Gasteiger partial charge in [-0.3, -0.25) is 9.63 Å². The standard InChI is InChI=1S/C20H32N4O4/c21-20(27)19-17(13-25)18(14-26)28-24(19)12-16-5-3-4-15(10-16)11-22-6-9-23-7-1-2-8-23/h3-5,10,17-19,22,25-26H,1-2,6-9,11-14H2,(H2,21,27). The molecule has 3 atom stereocenters. The molecule has 0 aliphatic carbocycles. The Hall–Kier alpha value is -1.55. The smallest absolute Gasteiger partial charge is 0.237 e. The van der Waals surface area contributed by atoms with Gasteiger partial charge in [-0.15, -0.1) is 0 Å². The number of rotatable bonds is 10. The van der Waals surface area contributed by atoms with E-state index in [1.807, 2.05) is 12.1 Å². The SMILES string of the molecule is NC(=O)C1C(CO)C(CO)ON1Cc1cccc(CNCCN2CCCC2)c1. The summed E-state index contributed by atoms with van der Waals surface area (Å²) in [5.41, 5.74) is 7.66. The summed E-state index contributed by atoms with van der Waals surface area (Å²) in [5.74, 6) is -1.09. The van der Waals surface area contributed by atoms with E-state index in [9.17, 15) is 15.0 Å². The molecule has 8 nitrogen and oxygen atoms in total. The van der Waals surface area contributed by atoms with Crippen molar-refractivity contribution in [3.63, 3.8) is 0 Å². The molecule has 0 bridgehead atoms. The Morgan fingerprint density at radius 3 is 2.64 bits per heavy atom. The van der Waals surface area contributed by atoms with Gasteiger partial charge < -0.3 is 26.2 Å². The van der Waals surface area contributed by atoms with Crippen LogP contribution in [0.15, 0.2) is 24.3 Å². The fourth-order valence-electron chi connectivity index (χ4n) is 4.10. The van der Waals surface area contributed by atoms with Crippen molar-refractivity contribution in [2.75, 3.05) is 39.4 Å². The molecule has 8 heteroatoms. The number of hydrogen-bond acceptors (Lipinski definition) is 7. The van der Waals surface area contributed by atoms with Gasteiger partial charge in [0.25, 0.3) is 0 Å². The number of carbonyl (C=O) groups is 1. The van der Waals surface area contributed by atoms with Crippen molar-refractivity contribution in [1.82, 2.24) is 15.3 Å². The Morgan fingerprint density at radius 2 is 1.96 bits per heavy atom. The third kappa shape index (κ3) is 5.28. The first kappa shape index (κ1) is 21.2. The Kier molecular flexibility index (Phi) is 7.78. The molecule has 28 heavy (non-hydrogen) atoms. The van der Waals surface area contributed by atoms with Crippen LogP contribution in [0.3, 0.4) is 0 Å². The third-order valence-electron chi connectivity index (χ3n) is 5.61. The van der Waals surface area contributed by atoms with E-state index in [0.717, 1.165) is 30.8 Å². The number of aliphatic hydroxyl groups is 2. The minimum Gasteiger partial charge on any atom is -0.396 e. The maximum absolute atomic E-state index is 11.9.